The Morgan fingerprint density at radius 2 is 1.30 bits per heavy atom. The van der Waals surface area contributed by atoms with Crippen molar-refractivity contribution in [1.82, 2.24) is 0 Å². The monoisotopic (exact) mass is 321 g/mol. The van der Waals surface area contributed by atoms with Crippen LogP contribution in [0.1, 0.15) is 74.6 Å². The number of carbonyl (C=O) groups is 1. The van der Waals surface area contributed by atoms with E-state index in [-0.39, 0.29) is 5.56 Å². The van der Waals surface area contributed by atoms with Gasteiger partial charge in [-0.05, 0) is 42.7 Å². The maximum atomic E-state index is 10.6. The third-order valence-electron chi connectivity index (χ3n) is 3.91. The molecule has 0 radical (unpaired) electrons. The molecule has 4 nitrogen and oxygen atoms in total. The topological polar surface area (TPSA) is 69.6 Å². The summed E-state index contributed by atoms with van der Waals surface area (Å²) >= 11 is 0. The zero-order valence-electron chi connectivity index (χ0n) is 14.0. The van der Waals surface area contributed by atoms with Crippen molar-refractivity contribution >= 4 is 5.97 Å². The van der Waals surface area contributed by atoms with Gasteiger partial charge in [-0.1, -0.05) is 51.4 Å². The molecule has 0 aliphatic carbocycles. The molecule has 0 saturated carbocycles. The lowest BCUT2D eigenvalue weighted by Crippen LogP contribution is -2.21. The molecule has 4 heteroatoms. The Balaban J connectivity index is 1.90. The summed E-state index contributed by atoms with van der Waals surface area (Å²) in [5.74, 6) is -0.456. The number of ether oxygens (including phenoxy) is 1. The fraction of sp³-hybridized carbons (Fsp3) is 0.632. The van der Waals surface area contributed by atoms with Crippen LogP contribution in [0, 0.1) is 0 Å². The standard InChI is InChI=1S/C19H30O4/c20-15-9-7-5-3-1-2-4-6-8-10-16-23-18-13-11-17(12-14-18)19(21)22/h11-14,20H,1-10,15-16H2,(H,21,22)/p-1. The number of unbranched alkanes of at least 4 members (excludes halogenated alkanes) is 9. The molecule has 1 N–H and O–H groups in total. The van der Waals surface area contributed by atoms with Crippen LogP contribution in [-0.4, -0.2) is 24.3 Å². The highest BCUT2D eigenvalue weighted by atomic mass is 16.5. The van der Waals surface area contributed by atoms with Crippen LogP contribution in [0.5, 0.6) is 5.75 Å². The van der Waals surface area contributed by atoms with E-state index in [1.165, 1.54) is 57.1 Å². The molecule has 0 aliphatic rings. The lowest BCUT2D eigenvalue weighted by atomic mass is 10.1. The molecule has 0 amide bonds. The first kappa shape index (κ1) is 19.5. The molecule has 23 heavy (non-hydrogen) atoms. The van der Waals surface area contributed by atoms with Crippen molar-refractivity contribution in [2.24, 2.45) is 0 Å². The lowest BCUT2D eigenvalue weighted by Gasteiger charge is -2.07. The predicted octanol–water partition coefficient (Wildman–Crippen LogP) is 3.32. The molecule has 0 spiro atoms. The maximum Gasteiger partial charge on any atom is 0.119 e. The van der Waals surface area contributed by atoms with Crippen LogP contribution in [0.3, 0.4) is 0 Å². The Morgan fingerprint density at radius 3 is 1.78 bits per heavy atom. The minimum atomic E-state index is -1.16. The SMILES string of the molecule is O=C([O-])c1ccc(OCCCCCCCCCCCCO)cc1. The van der Waals surface area contributed by atoms with Gasteiger partial charge in [0.05, 0.1) is 12.6 Å². The number of rotatable bonds is 14. The third-order valence-corrected chi connectivity index (χ3v) is 3.91. The molecule has 1 rings (SSSR count). The van der Waals surface area contributed by atoms with Crippen molar-refractivity contribution < 1.29 is 19.7 Å². The normalized spacial score (nSPS) is 10.7. The molecular formula is C19H29O4-. The van der Waals surface area contributed by atoms with Gasteiger partial charge in [-0.2, -0.15) is 0 Å². The van der Waals surface area contributed by atoms with Crippen molar-refractivity contribution in [3.63, 3.8) is 0 Å². The summed E-state index contributed by atoms with van der Waals surface area (Å²) < 4.78 is 5.59. The smallest absolute Gasteiger partial charge is 0.119 e. The quantitative estimate of drug-likeness (QED) is 0.534. The molecule has 0 atom stereocenters. The van der Waals surface area contributed by atoms with Crippen LogP contribution in [0.2, 0.25) is 0 Å². The van der Waals surface area contributed by atoms with Gasteiger partial charge in [0.25, 0.3) is 0 Å². The molecule has 0 fully saturated rings. The van der Waals surface area contributed by atoms with E-state index < -0.39 is 5.97 Å². The fourth-order valence-electron chi connectivity index (χ4n) is 2.51. The van der Waals surface area contributed by atoms with Crippen LogP contribution in [0.4, 0.5) is 0 Å². The van der Waals surface area contributed by atoms with Gasteiger partial charge in [-0.3, -0.25) is 0 Å². The Bertz CT molecular complexity index is 414. The Kier molecular flexibility index (Phi) is 11.0. The number of aliphatic hydroxyl groups excluding tert-OH is 1. The van der Waals surface area contributed by atoms with Gasteiger partial charge >= 0.3 is 0 Å². The first-order chi connectivity index (χ1) is 11.2. The highest BCUT2D eigenvalue weighted by molar-refractivity contribution is 5.85. The second kappa shape index (κ2) is 12.9. The van der Waals surface area contributed by atoms with Gasteiger partial charge in [0, 0.05) is 6.61 Å². The van der Waals surface area contributed by atoms with E-state index in [4.69, 9.17) is 9.84 Å². The van der Waals surface area contributed by atoms with Crippen molar-refractivity contribution in [3.05, 3.63) is 29.8 Å². The molecule has 0 aromatic heterocycles. The van der Waals surface area contributed by atoms with Crippen LogP contribution in [0.25, 0.3) is 0 Å². The van der Waals surface area contributed by atoms with Gasteiger partial charge in [0.2, 0.25) is 0 Å². The number of benzene rings is 1. The Labute approximate surface area is 139 Å². The highest BCUT2D eigenvalue weighted by Gasteiger charge is 1.97. The van der Waals surface area contributed by atoms with E-state index in [2.05, 4.69) is 0 Å². The molecule has 0 unspecified atom stereocenters. The fourth-order valence-corrected chi connectivity index (χ4v) is 2.51. The molecule has 1 aromatic carbocycles. The summed E-state index contributed by atoms with van der Waals surface area (Å²) in [7, 11) is 0. The van der Waals surface area contributed by atoms with Gasteiger partial charge in [-0.15, -0.1) is 0 Å². The molecular weight excluding hydrogens is 292 g/mol. The van der Waals surface area contributed by atoms with Gasteiger partial charge in [-0.25, -0.2) is 0 Å². The van der Waals surface area contributed by atoms with Crippen molar-refractivity contribution in [2.75, 3.05) is 13.2 Å². The number of carboxylic acids is 1. The van der Waals surface area contributed by atoms with Crippen molar-refractivity contribution in [1.29, 1.82) is 0 Å². The molecule has 0 aliphatic heterocycles. The number of carbonyl (C=O) groups excluding carboxylic acids is 1. The minimum absolute atomic E-state index is 0.175. The Hall–Kier alpha value is -1.55. The summed E-state index contributed by atoms with van der Waals surface area (Å²) in [5.41, 5.74) is 0.175. The van der Waals surface area contributed by atoms with E-state index in [0.717, 1.165) is 19.3 Å². The zero-order valence-corrected chi connectivity index (χ0v) is 14.0. The van der Waals surface area contributed by atoms with E-state index in [1.807, 2.05) is 0 Å². The predicted molar refractivity (Wildman–Crippen MR) is 89.5 cm³/mol. The van der Waals surface area contributed by atoms with E-state index >= 15 is 0 Å². The molecule has 1 aromatic rings. The number of hydrogen-bond acceptors (Lipinski definition) is 4. The average Bonchev–Trinajstić information content (AvgIpc) is 2.56. The minimum Gasteiger partial charge on any atom is -0.545 e. The van der Waals surface area contributed by atoms with Crippen LogP contribution < -0.4 is 9.84 Å². The largest absolute Gasteiger partial charge is 0.545 e. The van der Waals surface area contributed by atoms with E-state index in [9.17, 15) is 9.90 Å². The molecule has 0 bridgehead atoms. The Morgan fingerprint density at radius 1 is 0.826 bits per heavy atom. The van der Waals surface area contributed by atoms with Crippen LogP contribution in [0.15, 0.2) is 24.3 Å². The first-order valence-electron chi connectivity index (χ1n) is 8.79. The van der Waals surface area contributed by atoms with Crippen molar-refractivity contribution in [3.8, 4) is 5.75 Å². The number of hydrogen-bond donors (Lipinski definition) is 1. The summed E-state index contributed by atoms with van der Waals surface area (Å²) in [6.07, 6.45) is 11.9. The number of aliphatic hydroxyl groups is 1. The average molecular weight is 321 g/mol. The van der Waals surface area contributed by atoms with Gasteiger partial charge < -0.3 is 19.7 Å². The van der Waals surface area contributed by atoms with Gasteiger partial charge in [0.15, 0.2) is 0 Å². The van der Waals surface area contributed by atoms with Crippen molar-refractivity contribution in [2.45, 2.75) is 64.2 Å². The number of aromatic carboxylic acids is 1. The number of carboxylic acid groups (broad SMARTS) is 1. The van der Waals surface area contributed by atoms with Crippen LogP contribution >= 0.6 is 0 Å². The first-order valence-corrected chi connectivity index (χ1v) is 8.79. The van der Waals surface area contributed by atoms with Gasteiger partial charge in [0.1, 0.15) is 5.75 Å². The summed E-state index contributed by atoms with van der Waals surface area (Å²) in [6, 6.07) is 6.35. The van der Waals surface area contributed by atoms with E-state index in [0.29, 0.717) is 19.0 Å². The third kappa shape index (κ3) is 9.95. The molecule has 0 heterocycles. The van der Waals surface area contributed by atoms with Crippen LogP contribution in [-0.2, 0) is 0 Å². The summed E-state index contributed by atoms with van der Waals surface area (Å²) in [6.45, 7) is 0.995. The maximum absolute atomic E-state index is 10.6. The van der Waals surface area contributed by atoms with E-state index in [1.54, 1.807) is 12.1 Å². The second-order valence-corrected chi connectivity index (χ2v) is 5.92. The lowest BCUT2D eigenvalue weighted by molar-refractivity contribution is -0.255. The summed E-state index contributed by atoms with van der Waals surface area (Å²) in [4.78, 5) is 10.6. The second-order valence-electron chi connectivity index (χ2n) is 5.92. The zero-order chi connectivity index (χ0) is 16.8. The highest BCUT2D eigenvalue weighted by Crippen LogP contribution is 2.13. The molecule has 130 valence electrons. The summed E-state index contributed by atoms with van der Waals surface area (Å²) in [5, 5.41) is 19.3. The molecule has 0 saturated heterocycles.